The van der Waals surface area contributed by atoms with Crippen LogP contribution in [0.3, 0.4) is 0 Å². The van der Waals surface area contributed by atoms with Crippen LogP contribution in [-0.4, -0.2) is 19.6 Å². The maximum Gasteiger partial charge on any atom is 0.149 e. The lowest BCUT2D eigenvalue weighted by molar-refractivity contribution is 0.477. The first-order valence-electron chi connectivity index (χ1n) is 17.9. The summed E-state index contributed by atoms with van der Waals surface area (Å²) in [6.45, 7) is 0. The van der Waals surface area contributed by atoms with Crippen LogP contribution in [0.5, 0.6) is 5.75 Å². The number of rotatable bonds is 6. The highest BCUT2D eigenvalue weighted by atomic mass is 16.3. The molecule has 1 aliphatic rings. The van der Waals surface area contributed by atoms with Gasteiger partial charge in [0, 0.05) is 28.9 Å². The van der Waals surface area contributed by atoms with Crippen molar-refractivity contribution in [1.82, 2.24) is 14.5 Å². The van der Waals surface area contributed by atoms with Crippen molar-refractivity contribution in [2.45, 2.75) is 5.92 Å². The van der Waals surface area contributed by atoms with Crippen molar-refractivity contribution in [2.24, 2.45) is 0 Å². The van der Waals surface area contributed by atoms with E-state index in [9.17, 15) is 5.11 Å². The second-order valence-corrected chi connectivity index (χ2v) is 13.5. The molecule has 1 aliphatic carbocycles. The third-order valence-corrected chi connectivity index (χ3v) is 10.5. The number of phenolic OH excluding ortho intramolecular Hbond substituents is 1. The first-order valence-corrected chi connectivity index (χ1v) is 17.9. The number of hydrogen-bond donors (Lipinski definition) is 1. The molecule has 9 aromatic rings. The molecule has 1 unspecified atom stereocenters. The van der Waals surface area contributed by atoms with Gasteiger partial charge >= 0.3 is 0 Å². The second-order valence-electron chi connectivity index (χ2n) is 13.5. The highest BCUT2D eigenvalue weighted by Crippen LogP contribution is 2.53. The first kappa shape index (κ1) is 30.8. The van der Waals surface area contributed by atoms with Gasteiger partial charge in [-0.25, -0.2) is 4.98 Å². The summed E-state index contributed by atoms with van der Waals surface area (Å²) < 4.78 is 2.16. The zero-order valence-corrected chi connectivity index (χ0v) is 28.8. The number of phenols is 1. The van der Waals surface area contributed by atoms with Gasteiger partial charge in [-0.2, -0.15) is 0 Å². The maximum atomic E-state index is 11.1. The number of benzene rings is 7. The molecule has 2 aromatic heterocycles. The molecule has 1 N–H and O–H groups in total. The predicted octanol–water partition coefficient (Wildman–Crippen LogP) is 12.0. The predicted molar refractivity (Wildman–Crippen MR) is 215 cm³/mol. The molecule has 0 saturated carbocycles. The number of aromatic nitrogens is 3. The fourth-order valence-electron chi connectivity index (χ4n) is 8.10. The summed E-state index contributed by atoms with van der Waals surface area (Å²) in [7, 11) is 0. The molecule has 250 valence electrons. The molecule has 0 spiro atoms. The van der Waals surface area contributed by atoms with Gasteiger partial charge in [0.25, 0.3) is 0 Å². The van der Waals surface area contributed by atoms with Gasteiger partial charge in [0.15, 0.2) is 0 Å². The van der Waals surface area contributed by atoms with Gasteiger partial charge in [-0.3, -0.25) is 9.55 Å². The van der Waals surface area contributed by atoms with Crippen LogP contribution in [0.2, 0.25) is 0 Å². The summed E-state index contributed by atoms with van der Waals surface area (Å²) >= 11 is 0. The topological polar surface area (TPSA) is 50.9 Å². The number of imidazole rings is 1. The van der Waals surface area contributed by atoms with Crippen LogP contribution in [0.25, 0.3) is 72.7 Å². The third kappa shape index (κ3) is 5.15. The Morgan fingerprint density at radius 2 is 1.13 bits per heavy atom. The highest BCUT2D eigenvalue weighted by molar-refractivity contribution is 6.01. The molecule has 0 radical (unpaired) electrons. The lowest BCUT2D eigenvalue weighted by atomic mass is 9.83. The van der Waals surface area contributed by atoms with Crippen molar-refractivity contribution < 1.29 is 5.11 Å². The minimum absolute atomic E-state index is 0.0270. The van der Waals surface area contributed by atoms with Crippen molar-refractivity contribution in [3.8, 4) is 67.5 Å². The Bertz CT molecular complexity index is 2790. The average molecular weight is 680 g/mol. The lowest BCUT2D eigenvalue weighted by Gasteiger charge is -2.20. The Kier molecular flexibility index (Phi) is 7.33. The summed E-state index contributed by atoms with van der Waals surface area (Å²) in [4.78, 5) is 10.4. The highest BCUT2D eigenvalue weighted by Gasteiger charge is 2.34. The van der Waals surface area contributed by atoms with E-state index in [-0.39, 0.29) is 11.7 Å². The molecular weight excluding hydrogens is 647 g/mol. The maximum absolute atomic E-state index is 11.1. The normalized spacial score (nSPS) is 13.2. The zero-order chi connectivity index (χ0) is 35.3. The molecule has 7 aromatic carbocycles. The third-order valence-electron chi connectivity index (χ3n) is 10.5. The molecule has 4 nitrogen and oxygen atoms in total. The monoisotopic (exact) mass is 679 g/mol. The molecule has 0 bridgehead atoms. The zero-order valence-electron chi connectivity index (χ0n) is 28.8. The van der Waals surface area contributed by atoms with Gasteiger partial charge in [0.2, 0.25) is 0 Å². The Hall–Kier alpha value is -7.04. The second kappa shape index (κ2) is 12.6. The van der Waals surface area contributed by atoms with E-state index in [4.69, 9.17) is 9.97 Å². The number of aromatic hydroxyl groups is 1. The standard InChI is InChI=1S/C49H33N3O/c53-45-26-13-12-23-40(45)49-51-48-39(24-14-25-44(48)52(49)36-19-8-3-9-20-36)42-30-35(43-31-34(27-28-50-43)32-15-4-1-5-16-32)29-41-37-21-10-11-22-38(37)46(47(41)42)33-17-6-2-7-18-33/h1-31,46,53H. The summed E-state index contributed by atoms with van der Waals surface area (Å²) in [6, 6.07) is 63.1. The van der Waals surface area contributed by atoms with Crippen LogP contribution in [-0.2, 0) is 0 Å². The van der Waals surface area contributed by atoms with Gasteiger partial charge in [-0.15, -0.1) is 0 Å². The van der Waals surface area contributed by atoms with E-state index in [1.165, 1.54) is 27.8 Å². The average Bonchev–Trinajstić information content (AvgIpc) is 3.78. The summed E-state index contributed by atoms with van der Waals surface area (Å²) in [5, 5.41) is 11.1. The van der Waals surface area contributed by atoms with Crippen LogP contribution in [0.4, 0.5) is 0 Å². The summed E-state index contributed by atoms with van der Waals surface area (Å²) in [5.74, 6) is 0.900. The Morgan fingerprint density at radius 3 is 1.91 bits per heavy atom. The van der Waals surface area contributed by atoms with E-state index in [0.29, 0.717) is 11.4 Å². The van der Waals surface area contributed by atoms with E-state index < -0.39 is 0 Å². The van der Waals surface area contributed by atoms with Crippen LogP contribution in [0, 0.1) is 0 Å². The van der Waals surface area contributed by atoms with E-state index in [2.05, 4.69) is 138 Å². The fourth-order valence-corrected chi connectivity index (χ4v) is 8.10. The Labute approximate surface area is 308 Å². The molecule has 0 fully saturated rings. The SMILES string of the molecule is Oc1ccccc1-c1nc2c(-c3cc(-c4cc(-c5ccccc5)ccn4)cc4c3C(c3ccccc3)c3ccccc3-4)cccc2n1-c1ccccc1. The quantitative estimate of drug-likeness (QED) is 0.190. The van der Waals surface area contributed by atoms with Gasteiger partial charge < -0.3 is 5.11 Å². The number of pyridine rings is 1. The number of para-hydroxylation sites is 3. The van der Waals surface area contributed by atoms with Crippen LogP contribution in [0.15, 0.2) is 188 Å². The number of hydrogen-bond acceptors (Lipinski definition) is 3. The molecule has 1 atom stereocenters. The Morgan fingerprint density at radius 1 is 0.491 bits per heavy atom. The summed E-state index contributed by atoms with van der Waals surface area (Å²) in [5.41, 5.74) is 16.1. The van der Waals surface area contributed by atoms with Crippen molar-refractivity contribution >= 4 is 11.0 Å². The van der Waals surface area contributed by atoms with E-state index >= 15 is 0 Å². The van der Waals surface area contributed by atoms with Gasteiger partial charge in [-0.05, 0) is 99.1 Å². The fraction of sp³-hybridized carbons (Fsp3) is 0.0204. The minimum atomic E-state index is 0.0270. The minimum Gasteiger partial charge on any atom is -0.507 e. The molecule has 4 heteroatoms. The van der Waals surface area contributed by atoms with Crippen molar-refractivity contribution in [2.75, 3.05) is 0 Å². The van der Waals surface area contributed by atoms with Gasteiger partial charge in [-0.1, -0.05) is 127 Å². The van der Waals surface area contributed by atoms with Gasteiger partial charge in [0.05, 0.1) is 22.3 Å². The number of nitrogens with zero attached hydrogens (tertiary/aromatic N) is 3. The molecular formula is C49H33N3O. The van der Waals surface area contributed by atoms with Crippen LogP contribution < -0.4 is 0 Å². The van der Waals surface area contributed by atoms with Crippen molar-refractivity contribution in [3.63, 3.8) is 0 Å². The molecule has 10 rings (SSSR count). The van der Waals surface area contributed by atoms with Gasteiger partial charge in [0.1, 0.15) is 11.6 Å². The van der Waals surface area contributed by atoms with Crippen LogP contribution in [0.1, 0.15) is 22.6 Å². The lowest BCUT2D eigenvalue weighted by Crippen LogP contribution is -2.02. The number of fused-ring (bicyclic) bond motifs is 4. The molecule has 2 heterocycles. The molecule has 0 saturated heterocycles. The largest absolute Gasteiger partial charge is 0.507 e. The smallest absolute Gasteiger partial charge is 0.149 e. The summed E-state index contributed by atoms with van der Waals surface area (Å²) in [6.07, 6.45) is 1.91. The first-order chi connectivity index (χ1) is 26.2. The van der Waals surface area contributed by atoms with E-state index in [0.717, 1.165) is 50.2 Å². The Balaban J connectivity index is 1.29. The van der Waals surface area contributed by atoms with E-state index in [1.54, 1.807) is 6.07 Å². The van der Waals surface area contributed by atoms with Crippen LogP contribution >= 0.6 is 0 Å². The molecule has 0 amide bonds. The molecule has 0 aliphatic heterocycles. The molecule has 53 heavy (non-hydrogen) atoms. The van der Waals surface area contributed by atoms with Crippen molar-refractivity contribution in [1.29, 1.82) is 0 Å². The van der Waals surface area contributed by atoms with E-state index in [1.807, 2.05) is 48.7 Å². The van der Waals surface area contributed by atoms with Crippen molar-refractivity contribution in [3.05, 3.63) is 205 Å².